The van der Waals surface area contributed by atoms with Crippen molar-refractivity contribution in [1.82, 2.24) is 4.57 Å². The number of nitrogens with zero attached hydrogens (tertiary/aromatic N) is 1. The Kier molecular flexibility index (Phi) is 3.88. The van der Waals surface area contributed by atoms with Crippen LogP contribution in [-0.4, -0.2) is 4.57 Å². The van der Waals surface area contributed by atoms with Gasteiger partial charge < -0.3 is 9.30 Å². The average Bonchev–Trinajstić information content (AvgIpc) is 2.87. The monoisotopic (exact) mass is 297 g/mol. The minimum Gasteiger partial charge on any atom is -0.487 e. The van der Waals surface area contributed by atoms with Crippen LogP contribution in [0.25, 0.3) is 10.9 Å². The molecule has 0 amide bonds. The lowest BCUT2D eigenvalue weighted by Gasteiger charge is -2.15. The predicted molar refractivity (Wildman–Crippen MR) is 87.8 cm³/mol. The highest BCUT2D eigenvalue weighted by Crippen LogP contribution is 2.27. The SMILES string of the molecule is Cc1cccc2c1cc(COc1ccc(F)cc1)n2C(C)C. The van der Waals surface area contributed by atoms with Crippen LogP contribution in [0.5, 0.6) is 5.75 Å². The van der Waals surface area contributed by atoms with Crippen LogP contribution in [-0.2, 0) is 6.61 Å². The number of benzene rings is 2. The molecule has 0 spiro atoms. The highest BCUT2D eigenvalue weighted by molar-refractivity contribution is 5.84. The Bertz CT molecular complexity index is 787. The van der Waals surface area contributed by atoms with Gasteiger partial charge in [-0.1, -0.05) is 12.1 Å². The molecule has 1 heterocycles. The zero-order chi connectivity index (χ0) is 15.7. The lowest BCUT2D eigenvalue weighted by atomic mass is 10.1. The lowest BCUT2D eigenvalue weighted by Crippen LogP contribution is -2.08. The van der Waals surface area contributed by atoms with Crippen molar-refractivity contribution in [2.24, 2.45) is 0 Å². The fourth-order valence-electron chi connectivity index (χ4n) is 2.86. The van der Waals surface area contributed by atoms with E-state index in [2.05, 4.69) is 49.6 Å². The molecule has 22 heavy (non-hydrogen) atoms. The number of halogens is 1. The van der Waals surface area contributed by atoms with Gasteiger partial charge in [-0.3, -0.25) is 0 Å². The molecule has 2 aromatic carbocycles. The molecule has 0 aliphatic carbocycles. The van der Waals surface area contributed by atoms with Gasteiger partial charge in [-0.2, -0.15) is 0 Å². The van der Waals surface area contributed by atoms with E-state index in [0.29, 0.717) is 18.4 Å². The lowest BCUT2D eigenvalue weighted by molar-refractivity contribution is 0.292. The summed E-state index contributed by atoms with van der Waals surface area (Å²) < 4.78 is 21.1. The molecular formula is C19H20FNO. The molecule has 0 saturated carbocycles. The van der Waals surface area contributed by atoms with Crippen molar-refractivity contribution >= 4 is 10.9 Å². The molecule has 0 atom stereocenters. The topological polar surface area (TPSA) is 14.2 Å². The van der Waals surface area contributed by atoms with E-state index >= 15 is 0 Å². The maximum absolute atomic E-state index is 12.9. The summed E-state index contributed by atoms with van der Waals surface area (Å²) in [4.78, 5) is 0. The fraction of sp³-hybridized carbons (Fsp3) is 0.263. The third kappa shape index (κ3) is 2.71. The van der Waals surface area contributed by atoms with Gasteiger partial charge in [-0.15, -0.1) is 0 Å². The van der Waals surface area contributed by atoms with Crippen molar-refractivity contribution in [3.05, 3.63) is 65.6 Å². The van der Waals surface area contributed by atoms with Gasteiger partial charge in [0.15, 0.2) is 0 Å². The number of rotatable bonds is 4. The maximum atomic E-state index is 12.9. The molecule has 0 unspecified atom stereocenters. The summed E-state index contributed by atoms with van der Waals surface area (Å²) in [6.45, 7) is 6.93. The Morgan fingerprint density at radius 2 is 1.82 bits per heavy atom. The number of hydrogen-bond donors (Lipinski definition) is 0. The molecule has 0 fully saturated rings. The minimum atomic E-state index is -0.251. The minimum absolute atomic E-state index is 0.251. The molecule has 0 N–H and O–H groups in total. The fourth-order valence-corrected chi connectivity index (χ4v) is 2.86. The van der Waals surface area contributed by atoms with Gasteiger partial charge in [0, 0.05) is 16.9 Å². The van der Waals surface area contributed by atoms with E-state index in [1.807, 2.05) is 0 Å². The molecule has 0 radical (unpaired) electrons. The third-order valence-corrected chi connectivity index (χ3v) is 3.90. The Balaban J connectivity index is 1.94. The van der Waals surface area contributed by atoms with E-state index in [0.717, 1.165) is 5.69 Å². The molecule has 3 aromatic rings. The largest absolute Gasteiger partial charge is 0.487 e. The smallest absolute Gasteiger partial charge is 0.128 e. The first-order valence-corrected chi connectivity index (χ1v) is 7.54. The second kappa shape index (κ2) is 5.84. The number of aryl methyl sites for hydroxylation is 1. The summed E-state index contributed by atoms with van der Waals surface area (Å²) in [5, 5.41) is 1.26. The highest BCUT2D eigenvalue weighted by Gasteiger charge is 2.13. The van der Waals surface area contributed by atoms with Gasteiger partial charge in [-0.25, -0.2) is 4.39 Å². The second-order valence-corrected chi connectivity index (χ2v) is 5.85. The molecule has 0 bridgehead atoms. The normalized spacial score (nSPS) is 11.3. The molecule has 1 aromatic heterocycles. The van der Waals surface area contributed by atoms with E-state index in [1.54, 1.807) is 12.1 Å². The first kappa shape index (κ1) is 14.6. The number of ether oxygens (including phenoxy) is 1. The summed E-state index contributed by atoms with van der Waals surface area (Å²) in [5.74, 6) is 0.429. The molecule has 3 heteroatoms. The highest BCUT2D eigenvalue weighted by atomic mass is 19.1. The van der Waals surface area contributed by atoms with Gasteiger partial charge in [0.1, 0.15) is 18.2 Å². The van der Waals surface area contributed by atoms with Crippen LogP contribution in [0.2, 0.25) is 0 Å². The summed E-state index contributed by atoms with van der Waals surface area (Å²) >= 11 is 0. The van der Waals surface area contributed by atoms with Crippen molar-refractivity contribution in [2.45, 2.75) is 33.4 Å². The van der Waals surface area contributed by atoms with E-state index in [-0.39, 0.29) is 5.82 Å². The average molecular weight is 297 g/mol. The van der Waals surface area contributed by atoms with Crippen LogP contribution in [0.1, 0.15) is 31.1 Å². The first-order valence-electron chi connectivity index (χ1n) is 7.54. The standard InChI is InChI=1S/C19H20FNO/c1-13(2)21-16(11-18-14(3)5-4-6-19(18)21)12-22-17-9-7-15(20)8-10-17/h4-11,13H,12H2,1-3H3. The Morgan fingerprint density at radius 1 is 1.09 bits per heavy atom. The van der Waals surface area contributed by atoms with Crippen molar-refractivity contribution in [2.75, 3.05) is 0 Å². The zero-order valence-electron chi connectivity index (χ0n) is 13.1. The summed E-state index contributed by atoms with van der Waals surface area (Å²) in [7, 11) is 0. The molecule has 0 aliphatic rings. The summed E-state index contributed by atoms with van der Waals surface area (Å²) in [5.41, 5.74) is 3.62. The third-order valence-electron chi connectivity index (χ3n) is 3.90. The van der Waals surface area contributed by atoms with Gasteiger partial charge in [0.2, 0.25) is 0 Å². The van der Waals surface area contributed by atoms with E-state index in [9.17, 15) is 4.39 Å². The van der Waals surface area contributed by atoms with Crippen LogP contribution in [0.15, 0.2) is 48.5 Å². The Morgan fingerprint density at radius 3 is 2.50 bits per heavy atom. The van der Waals surface area contributed by atoms with Crippen LogP contribution in [0.4, 0.5) is 4.39 Å². The first-order chi connectivity index (χ1) is 10.6. The summed E-state index contributed by atoms with van der Waals surface area (Å²) in [6.07, 6.45) is 0. The summed E-state index contributed by atoms with van der Waals surface area (Å²) in [6, 6.07) is 15.0. The molecule has 3 rings (SSSR count). The molecular weight excluding hydrogens is 277 g/mol. The molecule has 2 nitrogen and oxygen atoms in total. The van der Waals surface area contributed by atoms with Crippen LogP contribution >= 0.6 is 0 Å². The zero-order valence-corrected chi connectivity index (χ0v) is 13.1. The molecule has 0 saturated heterocycles. The number of aromatic nitrogens is 1. The van der Waals surface area contributed by atoms with Gasteiger partial charge in [-0.05, 0) is 62.7 Å². The van der Waals surface area contributed by atoms with Crippen molar-refractivity contribution in [3.63, 3.8) is 0 Å². The van der Waals surface area contributed by atoms with Crippen molar-refractivity contribution in [3.8, 4) is 5.75 Å². The maximum Gasteiger partial charge on any atom is 0.128 e. The van der Waals surface area contributed by atoms with Crippen molar-refractivity contribution < 1.29 is 9.13 Å². The molecule has 114 valence electrons. The van der Waals surface area contributed by atoms with Crippen LogP contribution in [0.3, 0.4) is 0 Å². The Labute approximate surface area is 130 Å². The van der Waals surface area contributed by atoms with E-state index in [1.165, 1.54) is 28.6 Å². The van der Waals surface area contributed by atoms with E-state index < -0.39 is 0 Å². The second-order valence-electron chi connectivity index (χ2n) is 5.85. The van der Waals surface area contributed by atoms with Crippen LogP contribution < -0.4 is 4.74 Å². The van der Waals surface area contributed by atoms with E-state index in [4.69, 9.17) is 4.74 Å². The van der Waals surface area contributed by atoms with Gasteiger partial charge >= 0.3 is 0 Å². The Hall–Kier alpha value is -2.29. The number of hydrogen-bond acceptors (Lipinski definition) is 1. The number of fused-ring (bicyclic) bond motifs is 1. The van der Waals surface area contributed by atoms with Crippen molar-refractivity contribution in [1.29, 1.82) is 0 Å². The van der Waals surface area contributed by atoms with Gasteiger partial charge in [0.05, 0.1) is 5.69 Å². The molecule has 0 aliphatic heterocycles. The van der Waals surface area contributed by atoms with Gasteiger partial charge in [0.25, 0.3) is 0 Å². The van der Waals surface area contributed by atoms with Crippen LogP contribution in [0, 0.1) is 12.7 Å². The predicted octanol–water partition coefficient (Wildman–Crippen LogP) is 5.25. The quantitative estimate of drug-likeness (QED) is 0.641.